The zero-order chi connectivity index (χ0) is 21.6. The van der Waals surface area contributed by atoms with Crippen LogP contribution in [0.1, 0.15) is 10.4 Å². The van der Waals surface area contributed by atoms with Gasteiger partial charge in [-0.1, -0.05) is 18.2 Å². The second-order valence-electron chi connectivity index (χ2n) is 6.08. The van der Waals surface area contributed by atoms with Crippen molar-refractivity contribution in [2.45, 2.75) is 0 Å². The highest BCUT2D eigenvalue weighted by Gasteiger charge is 2.29. The molecule has 0 amide bonds. The molecule has 0 spiro atoms. The molecule has 0 saturated heterocycles. The standard InChI is InChI=1S/C20H8F5NO3S/c21-13-14(22)16(24)18(17(25)15(13)23)29-20(28)10-6-8-3-4-9(12-2-1-5-30-12)7-11(8)26-19(10)27/h1-7H,(H,26,27). The number of pyridine rings is 1. The minimum absolute atomic E-state index is 0.374. The summed E-state index contributed by atoms with van der Waals surface area (Å²) in [7, 11) is 0. The molecule has 0 unspecified atom stereocenters. The van der Waals surface area contributed by atoms with E-state index in [0.29, 0.717) is 10.9 Å². The number of hydrogen-bond acceptors (Lipinski definition) is 4. The number of aromatic nitrogens is 1. The van der Waals surface area contributed by atoms with Gasteiger partial charge in [0, 0.05) is 10.4 Å². The Morgan fingerprint density at radius 3 is 2.20 bits per heavy atom. The molecule has 0 fully saturated rings. The highest BCUT2D eigenvalue weighted by Crippen LogP contribution is 2.30. The smallest absolute Gasteiger partial charge is 0.349 e. The Hall–Kier alpha value is -3.53. The maximum atomic E-state index is 13.7. The van der Waals surface area contributed by atoms with Crippen LogP contribution in [0.15, 0.2) is 46.6 Å². The predicted octanol–water partition coefficient (Wildman–Crippen LogP) is 5.17. The van der Waals surface area contributed by atoms with Gasteiger partial charge < -0.3 is 9.72 Å². The molecule has 0 radical (unpaired) electrons. The highest BCUT2D eigenvalue weighted by molar-refractivity contribution is 7.13. The van der Waals surface area contributed by atoms with Gasteiger partial charge in [0.25, 0.3) is 5.56 Å². The molecule has 0 atom stereocenters. The molecule has 0 bridgehead atoms. The number of thiophene rings is 1. The van der Waals surface area contributed by atoms with E-state index in [-0.39, 0.29) is 0 Å². The van der Waals surface area contributed by atoms with Crippen LogP contribution < -0.4 is 10.3 Å². The van der Waals surface area contributed by atoms with E-state index in [9.17, 15) is 31.5 Å². The normalized spacial score (nSPS) is 11.1. The molecule has 10 heteroatoms. The van der Waals surface area contributed by atoms with Crippen molar-refractivity contribution in [2.75, 3.05) is 0 Å². The van der Waals surface area contributed by atoms with Gasteiger partial charge in [0.1, 0.15) is 5.56 Å². The van der Waals surface area contributed by atoms with Crippen molar-refractivity contribution in [3.63, 3.8) is 0 Å². The van der Waals surface area contributed by atoms with Crippen molar-refractivity contribution in [2.24, 2.45) is 0 Å². The lowest BCUT2D eigenvalue weighted by Crippen LogP contribution is -2.22. The van der Waals surface area contributed by atoms with Gasteiger partial charge in [-0.2, -0.15) is 8.78 Å². The lowest BCUT2D eigenvalue weighted by atomic mass is 10.1. The van der Waals surface area contributed by atoms with E-state index >= 15 is 0 Å². The van der Waals surface area contributed by atoms with E-state index in [2.05, 4.69) is 9.72 Å². The molecule has 4 rings (SSSR count). The first kappa shape index (κ1) is 19.8. The summed E-state index contributed by atoms with van der Waals surface area (Å²) in [6.07, 6.45) is 0. The van der Waals surface area contributed by atoms with Crippen LogP contribution in [0, 0.1) is 29.1 Å². The van der Waals surface area contributed by atoms with E-state index in [0.717, 1.165) is 16.5 Å². The third-order valence-corrected chi connectivity index (χ3v) is 5.15. The van der Waals surface area contributed by atoms with Crippen LogP contribution in [0.25, 0.3) is 21.3 Å². The van der Waals surface area contributed by atoms with Crippen LogP contribution in [-0.4, -0.2) is 11.0 Å². The molecular weight excluding hydrogens is 429 g/mol. The van der Waals surface area contributed by atoms with Crippen molar-refractivity contribution in [3.8, 4) is 16.2 Å². The fourth-order valence-corrected chi connectivity index (χ4v) is 3.49. The molecule has 0 aliphatic heterocycles. The summed E-state index contributed by atoms with van der Waals surface area (Å²) in [5, 5.41) is 2.26. The van der Waals surface area contributed by atoms with Crippen LogP contribution in [0.3, 0.4) is 0 Å². The first-order valence-corrected chi connectivity index (χ1v) is 9.10. The number of fused-ring (bicyclic) bond motifs is 1. The predicted molar refractivity (Wildman–Crippen MR) is 99.1 cm³/mol. The average molecular weight is 437 g/mol. The molecule has 0 saturated carbocycles. The zero-order valence-electron chi connectivity index (χ0n) is 14.6. The molecule has 1 N–H and O–H groups in total. The van der Waals surface area contributed by atoms with Gasteiger partial charge in [0.15, 0.2) is 0 Å². The number of H-pyrrole nitrogens is 1. The molecule has 2 aromatic carbocycles. The number of rotatable bonds is 3. The number of benzene rings is 2. The second-order valence-corrected chi connectivity index (χ2v) is 7.03. The number of halogens is 5. The van der Waals surface area contributed by atoms with Gasteiger partial charge in [-0.25, -0.2) is 18.0 Å². The first-order chi connectivity index (χ1) is 14.3. The first-order valence-electron chi connectivity index (χ1n) is 8.22. The van der Waals surface area contributed by atoms with Gasteiger partial charge in [-0.15, -0.1) is 11.3 Å². The summed E-state index contributed by atoms with van der Waals surface area (Å²) >= 11 is 1.48. The quantitative estimate of drug-likeness (QED) is 0.158. The Labute approximate surface area is 168 Å². The van der Waals surface area contributed by atoms with Crippen molar-refractivity contribution >= 4 is 28.2 Å². The summed E-state index contributed by atoms with van der Waals surface area (Å²) < 4.78 is 71.5. The molecular formula is C20H8F5NO3S. The number of ether oxygens (including phenoxy) is 1. The fraction of sp³-hybridized carbons (Fsp3) is 0. The third-order valence-electron chi connectivity index (χ3n) is 4.24. The fourth-order valence-electron chi connectivity index (χ4n) is 2.77. The lowest BCUT2D eigenvalue weighted by Gasteiger charge is -2.09. The van der Waals surface area contributed by atoms with Gasteiger partial charge in [0.05, 0.1) is 0 Å². The Morgan fingerprint density at radius 2 is 1.57 bits per heavy atom. The Morgan fingerprint density at radius 1 is 0.900 bits per heavy atom. The SMILES string of the molecule is O=C(Oc1c(F)c(F)c(F)c(F)c1F)c1cc2ccc(-c3cccs3)cc2[nH]c1=O. The number of carbonyl (C=O) groups excluding carboxylic acids is 1. The van der Waals surface area contributed by atoms with Crippen molar-refractivity contribution in [3.05, 3.63) is 86.8 Å². The summed E-state index contributed by atoms with van der Waals surface area (Å²) in [6, 6.07) is 9.81. The van der Waals surface area contributed by atoms with Crippen LogP contribution >= 0.6 is 11.3 Å². The zero-order valence-corrected chi connectivity index (χ0v) is 15.4. The third kappa shape index (κ3) is 3.24. The van der Waals surface area contributed by atoms with E-state index < -0.39 is 51.9 Å². The number of aromatic amines is 1. The van der Waals surface area contributed by atoms with Gasteiger partial charge in [-0.05, 0) is 34.5 Å². The monoisotopic (exact) mass is 437 g/mol. The molecule has 152 valence electrons. The summed E-state index contributed by atoms with van der Waals surface area (Å²) in [6.45, 7) is 0. The molecule has 4 aromatic rings. The second kappa shape index (κ2) is 7.38. The van der Waals surface area contributed by atoms with Crippen LogP contribution in [-0.2, 0) is 0 Å². The minimum Gasteiger partial charge on any atom is -0.416 e. The van der Waals surface area contributed by atoms with Crippen molar-refractivity contribution in [1.29, 1.82) is 0 Å². The van der Waals surface area contributed by atoms with E-state index in [1.165, 1.54) is 11.3 Å². The highest BCUT2D eigenvalue weighted by atomic mass is 32.1. The van der Waals surface area contributed by atoms with Crippen molar-refractivity contribution in [1.82, 2.24) is 4.98 Å². The largest absolute Gasteiger partial charge is 0.416 e. The molecule has 0 aliphatic rings. The van der Waals surface area contributed by atoms with Gasteiger partial charge in [-0.3, -0.25) is 4.79 Å². The number of nitrogens with one attached hydrogen (secondary N) is 1. The number of carbonyl (C=O) groups is 1. The average Bonchev–Trinajstić information content (AvgIpc) is 3.28. The lowest BCUT2D eigenvalue weighted by molar-refractivity contribution is 0.0714. The molecule has 2 heterocycles. The van der Waals surface area contributed by atoms with Crippen molar-refractivity contribution < 1.29 is 31.5 Å². The minimum atomic E-state index is -2.39. The topological polar surface area (TPSA) is 59.2 Å². The van der Waals surface area contributed by atoms with E-state index in [1.807, 2.05) is 17.5 Å². The molecule has 2 aromatic heterocycles. The van der Waals surface area contributed by atoms with E-state index in [4.69, 9.17) is 0 Å². The van der Waals surface area contributed by atoms with Crippen LogP contribution in [0.5, 0.6) is 5.75 Å². The van der Waals surface area contributed by atoms with Gasteiger partial charge in [0.2, 0.25) is 34.8 Å². The Kier molecular flexibility index (Phi) is 4.86. The summed E-state index contributed by atoms with van der Waals surface area (Å²) in [4.78, 5) is 27.9. The maximum Gasteiger partial charge on any atom is 0.349 e. The molecule has 0 aliphatic carbocycles. The number of esters is 1. The summed E-state index contributed by atoms with van der Waals surface area (Å²) in [5.41, 5.74) is -0.446. The molecule has 4 nitrogen and oxygen atoms in total. The van der Waals surface area contributed by atoms with E-state index in [1.54, 1.807) is 18.2 Å². The Bertz CT molecular complexity index is 1340. The van der Waals surface area contributed by atoms with Crippen LogP contribution in [0.2, 0.25) is 0 Å². The summed E-state index contributed by atoms with van der Waals surface area (Å²) in [5.74, 6) is -15.0. The van der Waals surface area contributed by atoms with Gasteiger partial charge >= 0.3 is 5.97 Å². The Balaban J connectivity index is 1.73. The van der Waals surface area contributed by atoms with Crippen LogP contribution in [0.4, 0.5) is 22.0 Å². The molecule has 30 heavy (non-hydrogen) atoms. The maximum absolute atomic E-state index is 13.7. The number of hydrogen-bond donors (Lipinski definition) is 1.